The first-order chi connectivity index (χ1) is 13.3. The van der Waals surface area contributed by atoms with Gasteiger partial charge in [-0.15, -0.1) is 0 Å². The van der Waals surface area contributed by atoms with Crippen molar-refractivity contribution in [2.24, 2.45) is 0 Å². The lowest BCUT2D eigenvalue weighted by Gasteiger charge is -2.08. The van der Waals surface area contributed by atoms with Crippen LogP contribution in [0.1, 0.15) is 12.0 Å². The van der Waals surface area contributed by atoms with E-state index in [4.69, 9.17) is 4.74 Å². The molecule has 0 aliphatic heterocycles. The average Bonchev–Trinajstić information content (AvgIpc) is 2.73. The van der Waals surface area contributed by atoms with Gasteiger partial charge in [0.1, 0.15) is 11.4 Å². The van der Waals surface area contributed by atoms with E-state index in [2.05, 4.69) is 19.9 Å². The van der Waals surface area contributed by atoms with Crippen molar-refractivity contribution in [1.29, 1.82) is 0 Å². The molecular weight excluding hydrogens is 340 g/mol. The second-order valence-electron chi connectivity index (χ2n) is 6.12. The summed E-state index contributed by atoms with van der Waals surface area (Å²) in [6.45, 7) is 0.575. The quantitative estimate of drug-likeness (QED) is 0.534. The lowest BCUT2D eigenvalue weighted by molar-refractivity contribution is 0.311. The number of benzene rings is 1. The molecule has 1 N–H and O–H groups in total. The Balaban J connectivity index is 1.47. The van der Waals surface area contributed by atoms with E-state index in [1.165, 1.54) is 5.56 Å². The fourth-order valence-corrected chi connectivity index (χ4v) is 2.85. The highest BCUT2D eigenvalue weighted by Gasteiger charge is 2.08. The molecule has 1 aromatic carbocycles. The van der Waals surface area contributed by atoms with Gasteiger partial charge < -0.3 is 9.72 Å². The maximum atomic E-state index is 12.5. The van der Waals surface area contributed by atoms with Crippen LogP contribution in [0.15, 0.2) is 71.9 Å². The highest BCUT2D eigenvalue weighted by atomic mass is 16.5. The molecule has 0 aliphatic carbocycles. The maximum absolute atomic E-state index is 12.5. The van der Waals surface area contributed by atoms with Crippen LogP contribution in [0, 0.1) is 0 Å². The molecule has 27 heavy (non-hydrogen) atoms. The summed E-state index contributed by atoms with van der Waals surface area (Å²) in [5.41, 5.74) is 2.27. The zero-order chi connectivity index (χ0) is 18.5. The first-order valence-electron chi connectivity index (χ1n) is 8.77. The molecule has 0 aliphatic rings. The highest BCUT2D eigenvalue weighted by molar-refractivity contribution is 5.80. The monoisotopic (exact) mass is 358 g/mol. The topological polar surface area (TPSA) is 80.8 Å². The van der Waals surface area contributed by atoms with Crippen molar-refractivity contribution in [3.05, 3.63) is 83.0 Å². The van der Waals surface area contributed by atoms with E-state index in [1.807, 2.05) is 36.4 Å². The molecule has 4 rings (SSSR count). The molecule has 6 heteroatoms. The van der Waals surface area contributed by atoms with E-state index in [0.29, 0.717) is 34.8 Å². The van der Waals surface area contributed by atoms with Crippen molar-refractivity contribution in [3.63, 3.8) is 0 Å². The van der Waals surface area contributed by atoms with Gasteiger partial charge in [-0.2, -0.15) is 0 Å². The van der Waals surface area contributed by atoms with Crippen LogP contribution in [-0.2, 0) is 6.42 Å². The van der Waals surface area contributed by atoms with Crippen LogP contribution in [0.4, 0.5) is 0 Å². The molecule has 3 aromatic heterocycles. The molecule has 0 atom stereocenters. The van der Waals surface area contributed by atoms with Crippen LogP contribution in [0.5, 0.6) is 5.75 Å². The van der Waals surface area contributed by atoms with Gasteiger partial charge in [0, 0.05) is 18.6 Å². The molecule has 0 bridgehead atoms. The number of H-pyrrole nitrogens is 1. The maximum Gasteiger partial charge on any atom is 0.259 e. The van der Waals surface area contributed by atoms with Crippen LogP contribution in [0.25, 0.3) is 22.4 Å². The number of hydrogen-bond donors (Lipinski definition) is 1. The van der Waals surface area contributed by atoms with E-state index in [0.717, 1.165) is 12.8 Å². The van der Waals surface area contributed by atoms with Crippen molar-refractivity contribution >= 4 is 10.9 Å². The molecule has 6 nitrogen and oxygen atoms in total. The van der Waals surface area contributed by atoms with E-state index in [1.54, 1.807) is 30.7 Å². The summed E-state index contributed by atoms with van der Waals surface area (Å²) in [6.07, 6.45) is 7.05. The standard InChI is InChI=1S/C21H18N4O2/c26-21-17-14-16(27-13-3-4-15-8-11-22-12-9-15)6-7-18(17)24-20(25-21)19-5-1-2-10-23-19/h1-2,5-12,14H,3-4,13H2,(H,24,25,26). The van der Waals surface area contributed by atoms with Crippen molar-refractivity contribution < 1.29 is 4.74 Å². The number of aromatic amines is 1. The molecule has 134 valence electrons. The number of aryl methyl sites for hydroxylation is 1. The number of nitrogens with zero attached hydrogens (tertiary/aromatic N) is 3. The van der Waals surface area contributed by atoms with Gasteiger partial charge in [-0.3, -0.25) is 14.8 Å². The molecule has 0 saturated carbocycles. The Labute approximate surface area is 155 Å². The number of aromatic nitrogens is 4. The Morgan fingerprint density at radius 2 is 1.89 bits per heavy atom. The lowest BCUT2D eigenvalue weighted by atomic mass is 10.1. The first-order valence-corrected chi connectivity index (χ1v) is 8.77. The minimum Gasteiger partial charge on any atom is -0.494 e. The predicted octanol–water partition coefficient (Wildman–Crippen LogP) is 3.39. The normalized spacial score (nSPS) is 10.8. The Bertz CT molecular complexity index is 1100. The van der Waals surface area contributed by atoms with Crippen molar-refractivity contribution in [1.82, 2.24) is 19.9 Å². The van der Waals surface area contributed by atoms with Gasteiger partial charge in [0.15, 0.2) is 5.82 Å². The van der Waals surface area contributed by atoms with Gasteiger partial charge in [-0.05, 0) is 60.9 Å². The van der Waals surface area contributed by atoms with Crippen molar-refractivity contribution in [2.75, 3.05) is 6.61 Å². The SMILES string of the molecule is O=c1[nH]c(-c2ccccn2)nc2ccc(OCCCc3ccncc3)cc12. The van der Waals surface area contributed by atoms with Crippen molar-refractivity contribution in [3.8, 4) is 17.3 Å². The van der Waals surface area contributed by atoms with E-state index in [-0.39, 0.29) is 5.56 Å². The minimum absolute atomic E-state index is 0.206. The third-order valence-electron chi connectivity index (χ3n) is 4.21. The van der Waals surface area contributed by atoms with Gasteiger partial charge >= 0.3 is 0 Å². The van der Waals surface area contributed by atoms with Gasteiger partial charge in [0.05, 0.1) is 17.5 Å². The molecule has 0 fully saturated rings. The largest absolute Gasteiger partial charge is 0.494 e. The molecule has 4 aromatic rings. The molecular formula is C21H18N4O2. The molecule has 0 spiro atoms. The molecule has 0 radical (unpaired) electrons. The van der Waals surface area contributed by atoms with Gasteiger partial charge in [0.25, 0.3) is 5.56 Å². The minimum atomic E-state index is -0.206. The van der Waals surface area contributed by atoms with Crippen LogP contribution in [-0.4, -0.2) is 26.5 Å². The van der Waals surface area contributed by atoms with Crippen LogP contribution < -0.4 is 10.3 Å². The summed E-state index contributed by atoms with van der Waals surface area (Å²) in [5, 5.41) is 0.501. The Kier molecular flexibility index (Phi) is 4.87. The second-order valence-corrected chi connectivity index (χ2v) is 6.12. The zero-order valence-corrected chi connectivity index (χ0v) is 14.6. The summed E-state index contributed by atoms with van der Waals surface area (Å²) in [5.74, 6) is 1.12. The molecule has 0 saturated heterocycles. The first kappa shape index (κ1) is 16.9. The Morgan fingerprint density at radius 1 is 1.00 bits per heavy atom. The summed E-state index contributed by atoms with van der Waals surface area (Å²) in [6, 6.07) is 14.9. The van der Waals surface area contributed by atoms with Crippen molar-refractivity contribution in [2.45, 2.75) is 12.8 Å². The number of nitrogens with one attached hydrogen (secondary N) is 1. The van der Waals surface area contributed by atoms with Crippen LogP contribution in [0.2, 0.25) is 0 Å². The fraction of sp³-hybridized carbons (Fsp3) is 0.143. The van der Waals surface area contributed by atoms with Crippen LogP contribution in [0.3, 0.4) is 0 Å². The van der Waals surface area contributed by atoms with E-state index in [9.17, 15) is 4.79 Å². The molecule has 0 amide bonds. The van der Waals surface area contributed by atoms with Crippen LogP contribution >= 0.6 is 0 Å². The zero-order valence-electron chi connectivity index (χ0n) is 14.6. The summed E-state index contributed by atoms with van der Waals surface area (Å²) in [4.78, 5) is 28.0. The average molecular weight is 358 g/mol. The summed E-state index contributed by atoms with van der Waals surface area (Å²) in [7, 11) is 0. The lowest BCUT2D eigenvalue weighted by Crippen LogP contribution is -2.10. The number of rotatable bonds is 6. The summed E-state index contributed by atoms with van der Waals surface area (Å²) < 4.78 is 5.80. The molecule has 0 unspecified atom stereocenters. The van der Waals surface area contributed by atoms with Gasteiger partial charge in [-0.1, -0.05) is 6.07 Å². The van der Waals surface area contributed by atoms with Gasteiger partial charge in [-0.25, -0.2) is 4.98 Å². The number of fused-ring (bicyclic) bond motifs is 1. The predicted molar refractivity (Wildman–Crippen MR) is 104 cm³/mol. The second kappa shape index (κ2) is 7.78. The number of ether oxygens (including phenoxy) is 1. The Hall–Kier alpha value is -3.54. The highest BCUT2D eigenvalue weighted by Crippen LogP contribution is 2.19. The van der Waals surface area contributed by atoms with Gasteiger partial charge in [0.2, 0.25) is 0 Å². The number of hydrogen-bond acceptors (Lipinski definition) is 5. The third-order valence-corrected chi connectivity index (χ3v) is 4.21. The Morgan fingerprint density at radius 3 is 2.70 bits per heavy atom. The van der Waals surface area contributed by atoms with E-state index >= 15 is 0 Å². The molecule has 3 heterocycles. The smallest absolute Gasteiger partial charge is 0.259 e. The van der Waals surface area contributed by atoms with E-state index < -0.39 is 0 Å². The summed E-state index contributed by atoms with van der Waals surface area (Å²) >= 11 is 0. The third kappa shape index (κ3) is 4.00. The fourth-order valence-electron chi connectivity index (χ4n) is 2.85. The number of pyridine rings is 2.